The van der Waals surface area contributed by atoms with E-state index >= 15 is 0 Å². The second-order valence-electron chi connectivity index (χ2n) is 5.68. The Bertz CT molecular complexity index is 642. The number of piperidine rings is 1. The summed E-state index contributed by atoms with van der Waals surface area (Å²) in [5.41, 5.74) is 2.03. The fraction of sp³-hybridized carbons (Fsp3) is 0.333. The maximum Gasteiger partial charge on any atom is 0.253 e. The van der Waals surface area contributed by atoms with Gasteiger partial charge in [0.15, 0.2) is 0 Å². The minimum atomic E-state index is 0.133. The van der Waals surface area contributed by atoms with Crippen LogP contribution in [0.2, 0.25) is 0 Å². The maximum atomic E-state index is 12.6. The standard InChI is InChI=1S/C18H21N3O/c1-19-17-12-15(9-10-20-17)16-8-5-11-21(13-16)18(22)14-6-3-2-4-7-14/h2-4,6-7,9-10,12,16H,5,8,11,13H2,1H3,(H,19,20)/t16-/m0/s1. The van der Waals surface area contributed by atoms with Crippen molar-refractivity contribution < 1.29 is 4.79 Å². The lowest BCUT2D eigenvalue weighted by Gasteiger charge is -2.33. The Morgan fingerprint density at radius 2 is 2.09 bits per heavy atom. The molecule has 1 fully saturated rings. The molecule has 0 spiro atoms. The van der Waals surface area contributed by atoms with Crippen LogP contribution in [-0.2, 0) is 0 Å². The van der Waals surface area contributed by atoms with Crippen LogP contribution in [0.1, 0.15) is 34.7 Å². The molecule has 0 aliphatic carbocycles. The molecule has 114 valence electrons. The highest BCUT2D eigenvalue weighted by Crippen LogP contribution is 2.28. The van der Waals surface area contributed by atoms with Gasteiger partial charge in [0, 0.05) is 37.8 Å². The van der Waals surface area contributed by atoms with E-state index in [2.05, 4.69) is 22.4 Å². The number of amides is 1. The molecular weight excluding hydrogens is 274 g/mol. The lowest BCUT2D eigenvalue weighted by atomic mass is 9.91. The Morgan fingerprint density at radius 1 is 1.27 bits per heavy atom. The van der Waals surface area contributed by atoms with Gasteiger partial charge in [-0.1, -0.05) is 18.2 Å². The third-order valence-corrected chi connectivity index (χ3v) is 4.24. The molecule has 0 unspecified atom stereocenters. The quantitative estimate of drug-likeness (QED) is 0.946. The number of nitrogens with zero attached hydrogens (tertiary/aromatic N) is 2. The average molecular weight is 295 g/mol. The van der Waals surface area contributed by atoms with E-state index in [1.165, 1.54) is 5.56 Å². The van der Waals surface area contributed by atoms with E-state index in [4.69, 9.17) is 0 Å². The first kappa shape index (κ1) is 14.6. The Hall–Kier alpha value is -2.36. The van der Waals surface area contributed by atoms with Gasteiger partial charge in [-0.05, 0) is 42.7 Å². The second-order valence-corrected chi connectivity index (χ2v) is 5.68. The number of hydrogen-bond acceptors (Lipinski definition) is 3. The van der Waals surface area contributed by atoms with Crippen molar-refractivity contribution in [3.63, 3.8) is 0 Å². The molecule has 4 heteroatoms. The van der Waals surface area contributed by atoms with E-state index in [0.717, 1.165) is 37.3 Å². The van der Waals surface area contributed by atoms with Crippen LogP contribution in [0.4, 0.5) is 5.82 Å². The molecule has 1 aromatic heterocycles. The lowest BCUT2D eigenvalue weighted by molar-refractivity contribution is 0.0707. The maximum absolute atomic E-state index is 12.6. The SMILES string of the molecule is CNc1cc([C@H]2CCCN(C(=O)c3ccccc3)C2)ccn1. The van der Waals surface area contributed by atoms with E-state index in [1.807, 2.05) is 48.5 Å². The summed E-state index contributed by atoms with van der Waals surface area (Å²) in [6, 6.07) is 13.7. The molecule has 22 heavy (non-hydrogen) atoms. The van der Waals surface area contributed by atoms with Crippen LogP contribution < -0.4 is 5.32 Å². The highest BCUT2D eigenvalue weighted by molar-refractivity contribution is 5.94. The number of pyridine rings is 1. The van der Waals surface area contributed by atoms with Crippen LogP contribution in [0, 0.1) is 0 Å². The van der Waals surface area contributed by atoms with Crippen molar-refractivity contribution in [2.45, 2.75) is 18.8 Å². The van der Waals surface area contributed by atoms with Gasteiger partial charge in [0.1, 0.15) is 5.82 Å². The Morgan fingerprint density at radius 3 is 2.86 bits per heavy atom. The summed E-state index contributed by atoms with van der Waals surface area (Å²) < 4.78 is 0. The van der Waals surface area contributed by atoms with E-state index < -0.39 is 0 Å². The van der Waals surface area contributed by atoms with Crippen LogP contribution in [0.15, 0.2) is 48.7 Å². The largest absolute Gasteiger partial charge is 0.373 e. The number of likely N-dealkylation sites (tertiary alicyclic amines) is 1. The highest BCUT2D eigenvalue weighted by Gasteiger charge is 2.25. The van der Waals surface area contributed by atoms with Crippen molar-refractivity contribution in [3.8, 4) is 0 Å². The lowest BCUT2D eigenvalue weighted by Crippen LogP contribution is -2.39. The number of carbonyl (C=O) groups is 1. The molecule has 1 aromatic carbocycles. The zero-order valence-electron chi connectivity index (χ0n) is 12.8. The summed E-state index contributed by atoms with van der Waals surface area (Å²) in [5.74, 6) is 1.40. The minimum Gasteiger partial charge on any atom is -0.373 e. The van der Waals surface area contributed by atoms with Crippen LogP contribution in [0.3, 0.4) is 0 Å². The van der Waals surface area contributed by atoms with Crippen molar-refractivity contribution in [1.29, 1.82) is 0 Å². The first-order valence-corrected chi connectivity index (χ1v) is 7.76. The number of anilines is 1. The first-order chi connectivity index (χ1) is 10.8. The Kier molecular flexibility index (Phi) is 4.37. The van der Waals surface area contributed by atoms with Gasteiger partial charge >= 0.3 is 0 Å². The topological polar surface area (TPSA) is 45.2 Å². The van der Waals surface area contributed by atoms with Gasteiger partial charge < -0.3 is 10.2 Å². The monoisotopic (exact) mass is 295 g/mol. The smallest absolute Gasteiger partial charge is 0.253 e. The number of carbonyl (C=O) groups excluding carboxylic acids is 1. The Labute approximate surface area is 131 Å². The number of benzene rings is 1. The second kappa shape index (κ2) is 6.60. The summed E-state index contributed by atoms with van der Waals surface area (Å²) in [7, 11) is 1.87. The van der Waals surface area contributed by atoms with Crippen molar-refractivity contribution in [2.75, 3.05) is 25.5 Å². The van der Waals surface area contributed by atoms with Crippen LogP contribution >= 0.6 is 0 Å². The van der Waals surface area contributed by atoms with Crippen molar-refractivity contribution in [2.24, 2.45) is 0 Å². The van der Waals surface area contributed by atoms with E-state index in [-0.39, 0.29) is 5.91 Å². The fourth-order valence-electron chi connectivity index (χ4n) is 3.03. The molecule has 0 saturated carbocycles. The fourth-order valence-corrected chi connectivity index (χ4v) is 3.03. The number of hydrogen-bond donors (Lipinski definition) is 1. The molecule has 0 radical (unpaired) electrons. The highest BCUT2D eigenvalue weighted by atomic mass is 16.2. The summed E-state index contributed by atoms with van der Waals surface area (Å²) in [6.07, 6.45) is 3.99. The van der Waals surface area contributed by atoms with Gasteiger partial charge in [0.05, 0.1) is 0 Å². The molecule has 1 atom stereocenters. The predicted octanol–water partition coefficient (Wildman–Crippen LogP) is 3.14. The van der Waals surface area contributed by atoms with Gasteiger partial charge in [-0.2, -0.15) is 0 Å². The zero-order chi connectivity index (χ0) is 15.4. The van der Waals surface area contributed by atoms with E-state index in [0.29, 0.717) is 5.92 Å². The van der Waals surface area contributed by atoms with Crippen molar-refractivity contribution >= 4 is 11.7 Å². The number of rotatable bonds is 3. The van der Waals surface area contributed by atoms with E-state index in [9.17, 15) is 4.79 Å². The third kappa shape index (κ3) is 3.11. The first-order valence-electron chi connectivity index (χ1n) is 7.76. The van der Waals surface area contributed by atoms with E-state index in [1.54, 1.807) is 0 Å². The molecular formula is C18H21N3O. The van der Waals surface area contributed by atoms with Gasteiger partial charge in [0.2, 0.25) is 0 Å². The molecule has 4 nitrogen and oxygen atoms in total. The molecule has 3 rings (SSSR count). The predicted molar refractivity (Wildman–Crippen MR) is 88.1 cm³/mol. The molecule has 1 amide bonds. The summed E-state index contributed by atoms with van der Waals surface area (Å²) in [6.45, 7) is 1.62. The van der Waals surface area contributed by atoms with Gasteiger partial charge in [0.25, 0.3) is 5.91 Å². The van der Waals surface area contributed by atoms with Gasteiger partial charge in [-0.25, -0.2) is 4.98 Å². The molecule has 2 aromatic rings. The van der Waals surface area contributed by atoms with Crippen molar-refractivity contribution in [1.82, 2.24) is 9.88 Å². The molecule has 2 heterocycles. The Balaban J connectivity index is 1.75. The summed E-state index contributed by atoms with van der Waals surface area (Å²) in [5, 5.41) is 3.07. The number of aromatic nitrogens is 1. The average Bonchev–Trinajstić information content (AvgIpc) is 2.62. The molecule has 1 aliphatic rings. The molecule has 1 saturated heterocycles. The van der Waals surface area contributed by atoms with Crippen LogP contribution in [-0.4, -0.2) is 35.9 Å². The number of nitrogens with one attached hydrogen (secondary N) is 1. The van der Waals surface area contributed by atoms with Gasteiger partial charge in [-0.3, -0.25) is 4.79 Å². The van der Waals surface area contributed by atoms with Gasteiger partial charge in [-0.15, -0.1) is 0 Å². The molecule has 0 bridgehead atoms. The molecule has 1 N–H and O–H groups in total. The van der Waals surface area contributed by atoms with Crippen molar-refractivity contribution in [3.05, 3.63) is 59.8 Å². The van der Waals surface area contributed by atoms with Crippen LogP contribution in [0.25, 0.3) is 0 Å². The summed E-state index contributed by atoms with van der Waals surface area (Å²) >= 11 is 0. The normalized spacial score (nSPS) is 18.0. The van der Waals surface area contributed by atoms with Crippen LogP contribution in [0.5, 0.6) is 0 Å². The summed E-state index contributed by atoms with van der Waals surface area (Å²) in [4.78, 5) is 18.8. The minimum absolute atomic E-state index is 0.133. The molecule has 1 aliphatic heterocycles. The zero-order valence-corrected chi connectivity index (χ0v) is 12.8. The third-order valence-electron chi connectivity index (χ3n) is 4.24.